The zero-order valence-electron chi connectivity index (χ0n) is 8.58. The molecule has 0 saturated carbocycles. The fourth-order valence-corrected chi connectivity index (χ4v) is 1.59. The van der Waals surface area contributed by atoms with Gasteiger partial charge < -0.3 is 11.5 Å². The van der Waals surface area contributed by atoms with Crippen LogP contribution in [0.5, 0.6) is 0 Å². The van der Waals surface area contributed by atoms with Crippen molar-refractivity contribution < 1.29 is 0 Å². The highest BCUT2D eigenvalue weighted by molar-refractivity contribution is 5.17. The van der Waals surface area contributed by atoms with Crippen LogP contribution in [-0.4, -0.2) is 12.1 Å². The Bertz CT molecular complexity index is 258. The van der Waals surface area contributed by atoms with E-state index in [-0.39, 0.29) is 5.54 Å². The zero-order valence-corrected chi connectivity index (χ0v) is 8.58. The highest BCUT2D eigenvalue weighted by Gasteiger charge is 2.21. The van der Waals surface area contributed by atoms with Crippen LogP contribution in [0.15, 0.2) is 30.3 Å². The molecule has 14 heavy (non-hydrogen) atoms. The largest absolute Gasteiger partial charge is 0.330 e. The highest BCUT2D eigenvalue weighted by atomic mass is 14.7. The first kappa shape index (κ1) is 11.2. The minimum Gasteiger partial charge on any atom is -0.330 e. The van der Waals surface area contributed by atoms with E-state index in [9.17, 15) is 0 Å². The lowest BCUT2D eigenvalue weighted by molar-refractivity contribution is 0.399. The van der Waals surface area contributed by atoms with Gasteiger partial charge in [-0.3, -0.25) is 0 Å². The Morgan fingerprint density at radius 1 is 1.21 bits per heavy atom. The number of hydrogen-bond donors (Lipinski definition) is 2. The van der Waals surface area contributed by atoms with Crippen molar-refractivity contribution in [3.8, 4) is 0 Å². The van der Waals surface area contributed by atoms with Gasteiger partial charge in [-0.1, -0.05) is 37.3 Å². The van der Waals surface area contributed by atoms with Gasteiger partial charge in [0.15, 0.2) is 0 Å². The first-order valence-electron chi connectivity index (χ1n) is 5.02. The van der Waals surface area contributed by atoms with Crippen molar-refractivity contribution in [3.63, 3.8) is 0 Å². The van der Waals surface area contributed by atoms with E-state index in [0.29, 0.717) is 6.54 Å². The van der Waals surface area contributed by atoms with Crippen LogP contribution in [0.2, 0.25) is 0 Å². The van der Waals surface area contributed by atoms with Crippen LogP contribution < -0.4 is 11.5 Å². The quantitative estimate of drug-likeness (QED) is 0.741. The average Bonchev–Trinajstić information content (AvgIpc) is 2.20. The van der Waals surface area contributed by atoms with E-state index in [0.717, 1.165) is 19.3 Å². The lowest BCUT2D eigenvalue weighted by atomic mass is 9.86. The Morgan fingerprint density at radius 3 is 2.36 bits per heavy atom. The van der Waals surface area contributed by atoms with Gasteiger partial charge in [-0.05, 0) is 31.4 Å². The van der Waals surface area contributed by atoms with Gasteiger partial charge in [0, 0.05) is 5.54 Å². The molecule has 0 aliphatic heterocycles. The van der Waals surface area contributed by atoms with Crippen LogP contribution in [0.4, 0.5) is 0 Å². The molecule has 0 aliphatic carbocycles. The number of benzene rings is 1. The van der Waals surface area contributed by atoms with Crippen molar-refractivity contribution in [1.82, 2.24) is 0 Å². The Morgan fingerprint density at radius 2 is 1.86 bits per heavy atom. The summed E-state index contributed by atoms with van der Waals surface area (Å²) in [6.45, 7) is 4.52. The molecule has 0 aromatic heterocycles. The van der Waals surface area contributed by atoms with E-state index >= 15 is 0 Å². The normalized spacial score (nSPS) is 15.1. The third-order valence-electron chi connectivity index (χ3n) is 2.54. The molecule has 0 heterocycles. The second kappa shape index (κ2) is 5.13. The molecule has 0 saturated heterocycles. The molecule has 1 aromatic carbocycles. The first-order valence-corrected chi connectivity index (χ1v) is 5.02. The van der Waals surface area contributed by atoms with Gasteiger partial charge in [-0.2, -0.15) is 0 Å². The third-order valence-corrected chi connectivity index (χ3v) is 2.54. The average molecular weight is 191 g/mol. The van der Waals surface area contributed by atoms with Crippen molar-refractivity contribution >= 4 is 0 Å². The summed E-state index contributed by atoms with van der Waals surface area (Å²) in [5.74, 6) is 0. The fraction of sp³-hybridized carbons (Fsp3) is 0.417. The molecule has 0 bridgehead atoms. The minimum absolute atomic E-state index is 0.240. The van der Waals surface area contributed by atoms with Crippen LogP contribution in [0, 0.1) is 6.92 Å². The maximum absolute atomic E-state index is 6.20. The van der Waals surface area contributed by atoms with Crippen molar-refractivity contribution in [2.45, 2.75) is 24.8 Å². The maximum Gasteiger partial charge on any atom is 0.0207 e. The molecule has 2 nitrogen and oxygen atoms in total. The second-order valence-corrected chi connectivity index (χ2v) is 3.81. The van der Waals surface area contributed by atoms with Crippen molar-refractivity contribution in [2.24, 2.45) is 11.5 Å². The number of nitrogens with two attached hydrogens (primary N) is 2. The van der Waals surface area contributed by atoms with Crippen molar-refractivity contribution in [1.29, 1.82) is 0 Å². The molecule has 0 fully saturated rings. The van der Waals surface area contributed by atoms with E-state index < -0.39 is 0 Å². The number of rotatable bonds is 5. The van der Waals surface area contributed by atoms with E-state index in [4.69, 9.17) is 11.5 Å². The maximum atomic E-state index is 6.20. The predicted octanol–water partition coefficient (Wildman–Crippen LogP) is 1.50. The molecule has 0 aliphatic rings. The van der Waals surface area contributed by atoms with Gasteiger partial charge in [0.05, 0.1) is 0 Å². The molecule has 1 atom stereocenters. The molecule has 1 aromatic rings. The molecular weight excluding hydrogens is 172 g/mol. The smallest absolute Gasteiger partial charge is 0.0207 e. The summed E-state index contributed by atoms with van der Waals surface area (Å²) in [5, 5.41) is 0. The van der Waals surface area contributed by atoms with Crippen LogP contribution in [0.3, 0.4) is 0 Å². The number of hydrogen-bond acceptors (Lipinski definition) is 2. The van der Waals surface area contributed by atoms with Crippen LogP contribution in [-0.2, 0) is 6.42 Å². The topological polar surface area (TPSA) is 52.0 Å². The Kier molecular flexibility index (Phi) is 4.11. The van der Waals surface area contributed by atoms with E-state index in [1.807, 2.05) is 18.2 Å². The zero-order chi connectivity index (χ0) is 10.4. The van der Waals surface area contributed by atoms with E-state index in [1.165, 1.54) is 5.56 Å². The Hall–Kier alpha value is -0.860. The molecular formula is C12H19N2. The molecule has 4 N–H and O–H groups in total. The van der Waals surface area contributed by atoms with Gasteiger partial charge >= 0.3 is 0 Å². The lowest BCUT2D eigenvalue weighted by Gasteiger charge is -2.27. The summed E-state index contributed by atoms with van der Waals surface area (Å²) in [5.41, 5.74) is 12.8. The SMILES string of the molecule is [CH2]CC(N)(CCN)Cc1ccccc1. The van der Waals surface area contributed by atoms with Crippen molar-refractivity contribution in [3.05, 3.63) is 42.8 Å². The van der Waals surface area contributed by atoms with E-state index in [1.54, 1.807) is 0 Å². The van der Waals surface area contributed by atoms with Crippen LogP contribution in [0.1, 0.15) is 18.4 Å². The summed E-state index contributed by atoms with van der Waals surface area (Å²) >= 11 is 0. The summed E-state index contributed by atoms with van der Waals surface area (Å²) < 4.78 is 0. The molecule has 77 valence electrons. The predicted molar refractivity (Wildman–Crippen MR) is 60.7 cm³/mol. The highest BCUT2D eigenvalue weighted by Crippen LogP contribution is 2.17. The molecule has 1 rings (SSSR count). The van der Waals surface area contributed by atoms with Gasteiger partial charge in [0.1, 0.15) is 0 Å². The summed E-state index contributed by atoms with van der Waals surface area (Å²) in [6.07, 6.45) is 2.40. The van der Waals surface area contributed by atoms with Gasteiger partial charge in [-0.15, -0.1) is 0 Å². The lowest BCUT2D eigenvalue weighted by Crippen LogP contribution is -2.43. The summed E-state index contributed by atoms with van der Waals surface area (Å²) in [4.78, 5) is 0. The van der Waals surface area contributed by atoms with Crippen LogP contribution >= 0.6 is 0 Å². The van der Waals surface area contributed by atoms with Crippen LogP contribution in [0.25, 0.3) is 0 Å². The second-order valence-electron chi connectivity index (χ2n) is 3.81. The molecule has 1 unspecified atom stereocenters. The fourth-order valence-electron chi connectivity index (χ4n) is 1.59. The minimum atomic E-state index is -0.240. The molecule has 1 radical (unpaired) electrons. The molecule has 0 spiro atoms. The Balaban J connectivity index is 2.65. The van der Waals surface area contributed by atoms with Gasteiger partial charge in [0.2, 0.25) is 0 Å². The molecule has 2 heteroatoms. The first-order chi connectivity index (χ1) is 6.70. The molecule has 0 amide bonds. The monoisotopic (exact) mass is 191 g/mol. The van der Waals surface area contributed by atoms with Gasteiger partial charge in [0.25, 0.3) is 0 Å². The summed E-state index contributed by atoms with van der Waals surface area (Å²) in [6, 6.07) is 10.2. The van der Waals surface area contributed by atoms with Gasteiger partial charge in [-0.25, -0.2) is 0 Å². The Labute approximate surface area is 86.3 Å². The van der Waals surface area contributed by atoms with E-state index in [2.05, 4.69) is 19.1 Å². The third kappa shape index (κ3) is 3.13. The van der Waals surface area contributed by atoms with Crippen molar-refractivity contribution in [2.75, 3.05) is 6.54 Å². The standard InChI is InChI=1S/C12H19N2/c1-2-12(14,8-9-13)10-11-6-4-3-5-7-11/h3-7H,1-2,8-10,13-14H2. The summed E-state index contributed by atoms with van der Waals surface area (Å²) in [7, 11) is 0.